The lowest BCUT2D eigenvalue weighted by Gasteiger charge is -2.23. The molecule has 0 saturated heterocycles. The number of amides is 1. The van der Waals surface area contributed by atoms with Gasteiger partial charge in [-0.15, -0.1) is 6.42 Å². The lowest BCUT2D eigenvalue weighted by Crippen LogP contribution is -2.24. The predicted octanol–water partition coefficient (Wildman–Crippen LogP) is 3.47. The zero-order valence-corrected chi connectivity index (χ0v) is 20.2. The molecule has 2 N–H and O–H groups in total. The van der Waals surface area contributed by atoms with Crippen molar-refractivity contribution in [2.24, 2.45) is 0 Å². The highest BCUT2D eigenvalue weighted by molar-refractivity contribution is 5.94. The number of aromatic nitrogens is 2. The van der Waals surface area contributed by atoms with Gasteiger partial charge >= 0.3 is 0 Å². The van der Waals surface area contributed by atoms with Crippen LogP contribution in [0.3, 0.4) is 0 Å². The second-order valence-electron chi connectivity index (χ2n) is 8.42. The van der Waals surface area contributed by atoms with Crippen LogP contribution in [0.5, 0.6) is 0 Å². The number of nitrogens with one attached hydrogen (secondary N) is 2. The minimum atomic E-state index is -0.481. The predicted molar refractivity (Wildman–Crippen MR) is 142 cm³/mol. The standard InChI is InChI=1S/C28H22N6O4/c1-2-14-33(18-20-6-11-25-24(16-20)28(36)32-26(31-25)12-13-29)22-9-7-21(8-10-22)27(35)30-17-19-4-3-5-23(15-19)34(37)38/h1,3-11,15-16H,12,14,17-18H2,(H,30,35)(H,31,32,36). The summed E-state index contributed by atoms with van der Waals surface area (Å²) in [6.45, 7) is 0.864. The monoisotopic (exact) mass is 506 g/mol. The third-order valence-corrected chi connectivity index (χ3v) is 5.79. The molecule has 4 rings (SSSR count). The molecule has 0 fully saturated rings. The number of hydrogen-bond donors (Lipinski definition) is 2. The van der Waals surface area contributed by atoms with Gasteiger partial charge < -0.3 is 15.2 Å². The fourth-order valence-corrected chi connectivity index (χ4v) is 3.95. The molecular weight excluding hydrogens is 484 g/mol. The molecule has 1 amide bonds. The Morgan fingerprint density at radius 2 is 1.92 bits per heavy atom. The topological polar surface area (TPSA) is 145 Å². The summed E-state index contributed by atoms with van der Waals surface area (Å²) in [5, 5.41) is 23.0. The molecule has 0 saturated carbocycles. The molecule has 1 heterocycles. The minimum Gasteiger partial charge on any atom is -0.356 e. The lowest BCUT2D eigenvalue weighted by atomic mass is 10.1. The molecule has 0 aliphatic rings. The number of nitriles is 1. The Kier molecular flexibility index (Phi) is 7.75. The number of carbonyl (C=O) groups is 1. The van der Waals surface area contributed by atoms with Crippen molar-refractivity contribution in [3.63, 3.8) is 0 Å². The van der Waals surface area contributed by atoms with Crippen molar-refractivity contribution in [2.45, 2.75) is 19.5 Å². The van der Waals surface area contributed by atoms with E-state index in [0.717, 1.165) is 11.3 Å². The summed E-state index contributed by atoms with van der Waals surface area (Å²) in [6, 6.07) is 20.3. The Morgan fingerprint density at radius 1 is 1.13 bits per heavy atom. The van der Waals surface area contributed by atoms with Crippen molar-refractivity contribution in [1.82, 2.24) is 15.3 Å². The summed E-state index contributed by atoms with van der Waals surface area (Å²) in [5.41, 5.74) is 2.83. The smallest absolute Gasteiger partial charge is 0.269 e. The third-order valence-electron chi connectivity index (χ3n) is 5.79. The van der Waals surface area contributed by atoms with E-state index in [1.807, 2.05) is 17.0 Å². The highest BCUT2D eigenvalue weighted by Crippen LogP contribution is 2.20. The van der Waals surface area contributed by atoms with Crippen LogP contribution in [0.25, 0.3) is 10.9 Å². The number of nitro benzene ring substituents is 1. The van der Waals surface area contributed by atoms with E-state index in [9.17, 15) is 19.7 Å². The first-order valence-corrected chi connectivity index (χ1v) is 11.6. The number of rotatable bonds is 9. The van der Waals surface area contributed by atoms with E-state index >= 15 is 0 Å². The quantitative estimate of drug-likeness (QED) is 0.201. The first-order chi connectivity index (χ1) is 18.4. The van der Waals surface area contributed by atoms with E-state index < -0.39 is 4.92 Å². The average molecular weight is 507 g/mol. The number of terminal acetylenes is 1. The molecule has 4 aromatic rings. The van der Waals surface area contributed by atoms with Gasteiger partial charge in [0.15, 0.2) is 0 Å². The highest BCUT2D eigenvalue weighted by atomic mass is 16.6. The van der Waals surface area contributed by atoms with Gasteiger partial charge in [-0.25, -0.2) is 4.98 Å². The molecule has 0 aliphatic heterocycles. The van der Waals surface area contributed by atoms with Gasteiger partial charge in [0.05, 0.1) is 34.9 Å². The third kappa shape index (κ3) is 6.01. The molecule has 1 aromatic heterocycles. The molecule has 188 valence electrons. The number of carbonyl (C=O) groups excluding carboxylic acids is 1. The molecule has 0 radical (unpaired) electrons. The molecule has 0 spiro atoms. The van der Waals surface area contributed by atoms with Crippen molar-refractivity contribution in [3.05, 3.63) is 110 Å². The molecule has 38 heavy (non-hydrogen) atoms. The highest BCUT2D eigenvalue weighted by Gasteiger charge is 2.12. The van der Waals surface area contributed by atoms with Crippen molar-refractivity contribution in [1.29, 1.82) is 5.26 Å². The van der Waals surface area contributed by atoms with Crippen molar-refractivity contribution < 1.29 is 9.72 Å². The van der Waals surface area contributed by atoms with Gasteiger partial charge in [-0.1, -0.05) is 24.1 Å². The summed E-state index contributed by atoms with van der Waals surface area (Å²) in [5.74, 6) is 2.64. The average Bonchev–Trinajstić information content (AvgIpc) is 2.92. The summed E-state index contributed by atoms with van der Waals surface area (Å²) < 4.78 is 0. The zero-order chi connectivity index (χ0) is 27.1. The Bertz CT molecular complexity index is 1650. The van der Waals surface area contributed by atoms with E-state index in [1.165, 1.54) is 12.1 Å². The van der Waals surface area contributed by atoms with Gasteiger partial charge in [0, 0.05) is 36.5 Å². The Balaban J connectivity index is 1.46. The lowest BCUT2D eigenvalue weighted by molar-refractivity contribution is -0.384. The normalized spacial score (nSPS) is 10.4. The number of benzene rings is 3. The van der Waals surface area contributed by atoms with Crippen LogP contribution in [0.4, 0.5) is 11.4 Å². The molecule has 3 aromatic carbocycles. The maximum absolute atomic E-state index is 12.6. The molecule has 10 nitrogen and oxygen atoms in total. The van der Waals surface area contributed by atoms with Crippen molar-refractivity contribution >= 4 is 28.2 Å². The van der Waals surface area contributed by atoms with E-state index in [-0.39, 0.29) is 30.1 Å². The van der Waals surface area contributed by atoms with Gasteiger partial charge in [-0.2, -0.15) is 5.26 Å². The van der Waals surface area contributed by atoms with E-state index in [2.05, 4.69) is 21.2 Å². The maximum atomic E-state index is 12.6. The summed E-state index contributed by atoms with van der Waals surface area (Å²) in [7, 11) is 0. The van der Waals surface area contributed by atoms with E-state index in [1.54, 1.807) is 48.5 Å². The van der Waals surface area contributed by atoms with Crippen molar-refractivity contribution in [3.8, 4) is 18.4 Å². The minimum absolute atomic E-state index is 0.0195. The van der Waals surface area contributed by atoms with E-state index in [4.69, 9.17) is 11.7 Å². The van der Waals surface area contributed by atoms with Crippen molar-refractivity contribution in [2.75, 3.05) is 11.4 Å². The van der Waals surface area contributed by atoms with Crippen LogP contribution >= 0.6 is 0 Å². The largest absolute Gasteiger partial charge is 0.356 e. The summed E-state index contributed by atoms with van der Waals surface area (Å²) in [4.78, 5) is 44.4. The van der Waals surface area contributed by atoms with Crippen LogP contribution in [0.15, 0.2) is 71.5 Å². The Labute approximate surface area is 217 Å². The fraction of sp³-hybridized carbons (Fsp3) is 0.143. The molecule has 10 heteroatoms. The SMILES string of the molecule is C#CCN(Cc1ccc2nc(CC#N)[nH]c(=O)c2c1)c1ccc(C(=O)NCc2cccc([N+](=O)[O-])c2)cc1. The van der Waals surface area contributed by atoms with Gasteiger partial charge in [0.25, 0.3) is 17.2 Å². The van der Waals surface area contributed by atoms with Crippen LogP contribution in [-0.4, -0.2) is 27.3 Å². The second kappa shape index (κ2) is 11.5. The second-order valence-corrected chi connectivity index (χ2v) is 8.42. The summed E-state index contributed by atoms with van der Waals surface area (Å²) in [6.07, 6.45) is 5.61. The van der Waals surface area contributed by atoms with Crippen LogP contribution < -0.4 is 15.8 Å². The molecule has 0 atom stereocenters. The molecule has 0 unspecified atom stereocenters. The molecular formula is C28H22N6O4. The van der Waals surface area contributed by atoms with Gasteiger partial charge in [-0.3, -0.25) is 19.7 Å². The number of anilines is 1. The number of H-pyrrole nitrogens is 1. The first kappa shape index (κ1) is 25.6. The molecule has 0 aliphatic carbocycles. The van der Waals surface area contributed by atoms with Crippen LogP contribution in [0.2, 0.25) is 0 Å². The maximum Gasteiger partial charge on any atom is 0.269 e. The fourth-order valence-electron chi connectivity index (χ4n) is 3.95. The van der Waals surface area contributed by atoms with Gasteiger partial charge in [0.1, 0.15) is 5.82 Å². The van der Waals surface area contributed by atoms with Gasteiger partial charge in [-0.05, 0) is 47.5 Å². The van der Waals surface area contributed by atoms with Crippen LogP contribution in [0.1, 0.15) is 27.3 Å². The van der Waals surface area contributed by atoms with Crippen LogP contribution in [-0.2, 0) is 19.5 Å². The van der Waals surface area contributed by atoms with Crippen LogP contribution in [0, 0.1) is 33.8 Å². The van der Waals surface area contributed by atoms with Gasteiger partial charge in [0.2, 0.25) is 0 Å². The van der Waals surface area contributed by atoms with E-state index in [0.29, 0.717) is 40.9 Å². The first-order valence-electron chi connectivity index (χ1n) is 11.6. The number of fused-ring (bicyclic) bond motifs is 1. The summed E-state index contributed by atoms with van der Waals surface area (Å²) >= 11 is 0. The number of aromatic amines is 1. The Hall–Kier alpha value is -5.48. The number of nitrogens with zero attached hydrogens (tertiary/aromatic N) is 4. The number of non-ortho nitro benzene ring substituents is 1. The Morgan fingerprint density at radius 3 is 2.63 bits per heavy atom. The molecule has 0 bridgehead atoms. The number of nitro groups is 1. The zero-order valence-electron chi connectivity index (χ0n) is 20.2. The number of hydrogen-bond acceptors (Lipinski definition) is 7.